The molecule has 3 heteroatoms. The molecule has 1 rings (SSSR count). The molecule has 3 nitrogen and oxygen atoms in total. The van der Waals surface area contributed by atoms with E-state index in [4.69, 9.17) is 4.74 Å². The first-order valence-electron chi connectivity index (χ1n) is 4.85. The molecule has 0 aliphatic heterocycles. The SMILES string of the molecule is CCOC(CC)C(=O)c1cccnc1. The standard InChI is InChI=1S/C11H15NO2/c1-3-10(14-4-2)11(13)9-6-5-7-12-8-9/h5-8,10H,3-4H2,1-2H3. The molecule has 1 aromatic rings. The Morgan fingerprint density at radius 2 is 2.36 bits per heavy atom. The summed E-state index contributed by atoms with van der Waals surface area (Å²) in [5.41, 5.74) is 0.618. The largest absolute Gasteiger partial charge is 0.370 e. The molecule has 0 saturated heterocycles. The number of pyridine rings is 1. The number of carbonyl (C=O) groups is 1. The fourth-order valence-corrected chi connectivity index (χ4v) is 1.27. The average molecular weight is 193 g/mol. The molecule has 0 bridgehead atoms. The highest BCUT2D eigenvalue weighted by atomic mass is 16.5. The third-order valence-electron chi connectivity index (χ3n) is 1.98. The smallest absolute Gasteiger partial charge is 0.193 e. The number of ketones is 1. The van der Waals surface area contributed by atoms with E-state index in [1.165, 1.54) is 0 Å². The highest BCUT2D eigenvalue weighted by molar-refractivity contribution is 5.99. The van der Waals surface area contributed by atoms with Crippen LogP contribution in [0.4, 0.5) is 0 Å². The van der Waals surface area contributed by atoms with E-state index >= 15 is 0 Å². The first-order valence-corrected chi connectivity index (χ1v) is 4.85. The molecule has 0 radical (unpaired) electrons. The van der Waals surface area contributed by atoms with Crippen LogP contribution in [0.15, 0.2) is 24.5 Å². The van der Waals surface area contributed by atoms with Crippen LogP contribution in [0, 0.1) is 0 Å². The molecule has 0 spiro atoms. The van der Waals surface area contributed by atoms with Crippen molar-refractivity contribution in [1.82, 2.24) is 4.98 Å². The number of aromatic nitrogens is 1. The van der Waals surface area contributed by atoms with Gasteiger partial charge in [-0.05, 0) is 25.5 Å². The fraction of sp³-hybridized carbons (Fsp3) is 0.455. The first-order chi connectivity index (χ1) is 6.79. The Hall–Kier alpha value is -1.22. The molecule has 0 aliphatic carbocycles. The summed E-state index contributed by atoms with van der Waals surface area (Å²) in [6, 6.07) is 3.52. The Labute approximate surface area is 84.1 Å². The number of nitrogens with zero attached hydrogens (tertiary/aromatic N) is 1. The van der Waals surface area contributed by atoms with Crippen molar-refractivity contribution in [3.05, 3.63) is 30.1 Å². The molecular weight excluding hydrogens is 178 g/mol. The summed E-state index contributed by atoms with van der Waals surface area (Å²) in [5.74, 6) is 0.0162. The van der Waals surface area contributed by atoms with Gasteiger partial charge in [-0.25, -0.2) is 0 Å². The maximum atomic E-state index is 11.8. The van der Waals surface area contributed by atoms with Crippen LogP contribution in [0.1, 0.15) is 30.6 Å². The van der Waals surface area contributed by atoms with Gasteiger partial charge < -0.3 is 4.74 Å². The summed E-state index contributed by atoms with van der Waals surface area (Å²) in [5, 5.41) is 0. The van der Waals surface area contributed by atoms with Crippen molar-refractivity contribution in [2.75, 3.05) is 6.61 Å². The topological polar surface area (TPSA) is 39.2 Å². The van der Waals surface area contributed by atoms with Gasteiger partial charge in [0.2, 0.25) is 0 Å². The Kier molecular flexibility index (Phi) is 4.26. The summed E-state index contributed by atoms with van der Waals surface area (Å²) in [6.07, 6.45) is 3.59. The lowest BCUT2D eigenvalue weighted by Crippen LogP contribution is -2.23. The lowest BCUT2D eigenvalue weighted by atomic mass is 10.1. The second-order valence-corrected chi connectivity index (χ2v) is 2.96. The Morgan fingerprint density at radius 3 is 2.86 bits per heavy atom. The fourth-order valence-electron chi connectivity index (χ4n) is 1.27. The number of hydrogen-bond donors (Lipinski definition) is 0. The summed E-state index contributed by atoms with van der Waals surface area (Å²) < 4.78 is 5.33. The molecule has 1 atom stereocenters. The van der Waals surface area contributed by atoms with E-state index in [1.54, 1.807) is 24.5 Å². The second kappa shape index (κ2) is 5.50. The number of rotatable bonds is 5. The van der Waals surface area contributed by atoms with E-state index in [2.05, 4.69) is 4.98 Å². The third kappa shape index (κ3) is 2.64. The minimum Gasteiger partial charge on any atom is -0.370 e. The average Bonchev–Trinajstić information content (AvgIpc) is 2.26. The number of carbonyl (C=O) groups excluding carboxylic acids is 1. The van der Waals surface area contributed by atoms with Crippen LogP contribution >= 0.6 is 0 Å². The lowest BCUT2D eigenvalue weighted by molar-refractivity contribution is 0.0443. The summed E-state index contributed by atoms with van der Waals surface area (Å²) in [6.45, 7) is 4.39. The molecule has 0 amide bonds. The van der Waals surface area contributed by atoms with Crippen LogP contribution in [-0.4, -0.2) is 23.5 Å². The van der Waals surface area contributed by atoms with Crippen LogP contribution in [0.25, 0.3) is 0 Å². The summed E-state index contributed by atoms with van der Waals surface area (Å²) in [7, 11) is 0. The van der Waals surface area contributed by atoms with Crippen molar-refractivity contribution >= 4 is 5.78 Å². The minimum absolute atomic E-state index is 0.0162. The molecule has 0 aromatic carbocycles. The molecule has 0 N–H and O–H groups in total. The van der Waals surface area contributed by atoms with E-state index in [-0.39, 0.29) is 11.9 Å². The van der Waals surface area contributed by atoms with Crippen LogP contribution in [0.5, 0.6) is 0 Å². The minimum atomic E-state index is -0.329. The quantitative estimate of drug-likeness (QED) is 0.672. The zero-order valence-corrected chi connectivity index (χ0v) is 8.56. The van der Waals surface area contributed by atoms with E-state index in [9.17, 15) is 4.79 Å². The summed E-state index contributed by atoms with van der Waals surface area (Å²) >= 11 is 0. The van der Waals surface area contributed by atoms with Crippen molar-refractivity contribution in [1.29, 1.82) is 0 Å². The Balaban J connectivity index is 2.73. The Bertz CT molecular complexity index is 285. The van der Waals surface area contributed by atoms with E-state index in [0.29, 0.717) is 18.6 Å². The monoisotopic (exact) mass is 193 g/mol. The van der Waals surface area contributed by atoms with Gasteiger partial charge in [-0.1, -0.05) is 6.92 Å². The van der Waals surface area contributed by atoms with Crippen molar-refractivity contribution in [3.63, 3.8) is 0 Å². The molecule has 1 unspecified atom stereocenters. The number of hydrogen-bond acceptors (Lipinski definition) is 3. The van der Waals surface area contributed by atoms with Gasteiger partial charge in [-0.15, -0.1) is 0 Å². The van der Waals surface area contributed by atoms with Gasteiger partial charge in [-0.3, -0.25) is 9.78 Å². The molecule has 0 saturated carbocycles. The maximum Gasteiger partial charge on any atom is 0.193 e. The highest BCUT2D eigenvalue weighted by Crippen LogP contribution is 2.07. The first kappa shape index (κ1) is 10.9. The lowest BCUT2D eigenvalue weighted by Gasteiger charge is -2.12. The zero-order valence-electron chi connectivity index (χ0n) is 8.56. The molecule has 0 aliphatic rings. The highest BCUT2D eigenvalue weighted by Gasteiger charge is 2.17. The van der Waals surface area contributed by atoms with Gasteiger partial charge in [0, 0.05) is 24.6 Å². The molecule has 0 fully saturated rings. The molecule has 1 aromatic heterocycles. The molecule has 76 valence electrons. The van der Waals surface area contributed by atoms with Gasteiger partial charge in [0.1, 0.15) is 6.10 Å². The van der Waals surface area contributed by atoms with Crippen LogP contribution in [-0.2, 0) is 4.74 Å². The van der Waals surface area contributed by atoms with Gasteiger partial charge in [0.05, 0.1) is 0 Å². The molecule has 1 heterocycles. The van der Waals surface area contributed by atoms with Gasteiger partial charge in [-0.2, -0.15) is 0 Å². The van der Waals surface area contributed by atoms with Crippen LogP contribution in [0.2, 0.25) is 0 Å². The van der Waals surface area contributed by atoms with Crippen LogP contribution < -0.4 is 0 Å². The van der Waals surface area contributed by atoms with Gasteiger partial charge in [0.15, 0.2) is 5.78 Å². The summed E-state index contributed by atoms with van der Waals surface area (Å²) in [4.78, 5) is 15.7. The van der Waals surface area contributed by atoms with Crippen LogP contribution in [0.3, 0.4) is 0 Å². The van der Waals surface area contributed by atoms with Crippen molar-refractivity contribution in [2.24, 2.45) is 0 Å². The number of ether oxygens (including phenoxy) is 1. The van der Waals surface area contributed by atoms with Gasteiger partial charge in [0.25, 0.3) is 0 Å². The third-order valence-corrected chi connectivity index (χ3v) is 1.98. The zero-order chi connectivity index (χ0) is 10.4. The Morgan fingerprint density at radius 1 is 1.57 bits per heavy atom. The normalized spacial score (nSPS) is 12.4. The molecular formula is C11H15NO2. The van der Waals surface area contributed by atoms with Crippen molar-refractivity contribution < 1.29 is 9.53 Å². The predicted molar refractivity (Wildman–Crippen MR) is 54.3 cm³/mol. The maximum absolute atomic E-state index is 11.8. The van der Waals surface area contributed by atoms with E-state index < -0.39 is 0 Å². The predicted octanol–water partition coefficient (Wildman–Crippen LogP) is 2.08. The van der Waals surface area contributed by atoms with Crippen molar-refractivity contribution in [3.8, 4) is 0 Å². The number of Topliss-reactive ketones (excluding diaryl/α,β-unsaturated/α-hetero) is 1. The van der Waals surface area contributed by atoms with E-state index in [1.807, 2.05) is 13.8 Å². The second-order valence-electron chi connectivity index (χ2n) is 2.96. The van der Waals surface area contributed by atoms with E-state index in [0.717, 1.165) is 0 Å². The molecule has 14 heavy (non-hydrogen) atoms. The van der Waals surface area contributed by atoms with Crippen molar-refractivity contribution in [2.45, 2.75) is 26.4 Å². The van der Waals surface area contributed by atoms with Gasteiger partial charge >= 0.3 is 0 Å².